The summed E-state index contributed by atoms with van der Waals surface area (Å²) in [6.45, 7) is 6.38. The number of ether oxygens (including phenoxy) is 1. The molecule has 90 valence electrons. The van der Waals surface area contributed by atoms with Gasteiger partial charge in [0.1, 0.15) is 18.5 Å². The summed E-state index contributed by atoms with van der Waals surface area (Å²) in [4.78, 5) is 0. The monoisotopic (exact) mass is 223 g/mol. The number of hydrogen-bond donors (Lipinski definition) is 2. The SMILES string of the molecule is CC(C)N[C@H](C)[C@@H](O)COc1ccccc1. The summed E-state index contributed by atoms with van der Waals surface area (Å²) in [6.07, 6.45) is -0.498. The molecule has 0 saturated heterocycles. The van der Waals surface area contributed by atoms with Crippen molar-refractivity contribution in [2.24, 2.45) is 0 Å². The molecule has 3 heteroatoms. The number of benzene rings is 1. The molecule has 16 heavy (non-hydrogen) atoms. The van der Waals surface area contributed by atoms with E-state index in [2.05, 4.69) is 19.2 Å². The zero-order chi connectivity index (χ0) is 12.0. The van der Waals surface area contributed by atoms with E-state index in [1.54, 1.807) is 0 Å². The normalized spacial score (nSPS) is 14.8. The maximum atomic E-state index is 9.84. The molecule has 0 bridgehead atoms. The molecule has 0 heterocycles. The maximum Gasteiger partial charge on any atom is 0.119 e. The summed E-state index contributed by atoms with van der Waals surface area (Å²) < 4.78 is 5.48. The van der Waals surface area contributed by atoms with Crippen molar-refractivity contribution in [1.82, 2.24) is 5.32 Å². The first kappa shape index (κ1) is 13.0. The minimum absolute atomic E-state index is 0.0312. The minimum Gasteiger partial charge on any atom is -0.491 e. The molecule has 0 radical (unpaired) electrons. The molecule has 2 atom stereocenters. The number of aliphatic hydroxyl groups is 1. The molecule has 0 aliphatic heterocycles. The highest BCUT2D eigenvalue weighted by Gasteiger charge is 2.15. The predicted octanol–water partition coefficient (Wildman–Crippen LogP) is 1.81. The van der Waals surface area contributed by atoms with Crippen LogP contribution in [0.1, 0.15) is 20.8 Å². The Bertz CT molecular complexity index is 287. The molecule has 0 amide bonds. The van der Waals surface area contributed by atoms with Gasteiger partial charge in [-0.05, 0) is 19.1 Å². The Morgan fingerprint density at radius 1 is 1.19 bits per heavy atom. The molecule has 0 aliphatic carbocycles. The van der Waals surface area contributed by atoms with Gasteiger partial charge in [-0.1, -0.05) is 32.0 Å². The van der Waals surface area contributed by atoms with Crippen molar-refractivity contribution < 1.29 is 9.84 Å². The Hall–Kier alpha value is -1.06. The van der Waals surface area contributed by atoms with Crippen LogP contribution >= 0.6 is 0 Å². The molecular formula is C13H21NO2. The van der Waals surface area contributed by atoms with Crippen LogP contribution in [-0.2, 0) is 0 Å². The lowest BCUT2D eigenvalue weighted by Crippen LogP contribution is -2.43. The molecule has 2 N–H and O–H groups in total. The van der Waals surface area contributed by atoms with E-state index in [4.69, 9.17) is 4.74 Å². The zero-order valence-corrected chi connectivity index (χ0v) is 10.2. The molecule has 0 aliphatic rings. The molecule has 0 saturated carbocycles. The van der Waals surface area contributed by atoms with Gasteiger partial charge in [0.2, 0.25) is 0 Å². The van der Waals surface area contributed by atoms with Crippen molar-refractivity contribution in [2.75, 3.05) is 6.61 Å². The number of hydrogen-bond acceptors (Lipinski definition) is 3. The minimum atomic E-state index is -0.498. The molecule has 1 aromatic rings. The Morgan fingerprint density at radius 2 is 1.81 bits per heavy atom. The quantitative estimate of drug-likeness (QED) is 0.773. The summed E-state index contributed by atoms with van der Waals surface area (Å²) in [5.41, 5.74) is 0. The fourth-order valence-electron chi connectivity index (χ4n) is 1.48. The third-order valence-electron chi connectivity index (χ3n) is 2.34. The zero-order valence-electron chi connectivity index (χ0n) is 10.2. The van der Waals surface area contributed by atoms with Crippen molar-refractivity contribution in [3.63, 3.8) is 0 Å². The van der Waals surface area contributed by atoms with Gasteiger partial charge in [-0.15, -0.1) is 0 Å². The largest absolute Gasteiger partial charge is 0.491 e. The van der Waals surface area contributed by atoms with E-state index in [1.165, 1.54) is 0 Å². The maximum absolute atomic E-state index is 9.84. The number of nitrogens with one attached hydrogen (secondary N) is 1. The lowest BCUT2D eigenvalue weighted by Gasteiger charge is -2.22. The third kappa shape index (κ3) is 4.64. The number of rotatable bonds is 6. The van der Waals surface area contributed by atoms with Crippen LogP contribution < -0.4 is 10.1 Å². The summed E-state index contributed by atoms with van der Waals surface area (Å²) in [5.74, 6) is 0.790. The van der Waals surface area contributed by atoms with Gasteiger partial charge in [0.15, 0.2) is 0 Å². The van der Waals surface area contributed by atoms with Crippen molar-refractivity contribution in [3.05, 3.63) is 30.3 Å². The highest BCUT2D eigenvalue weighted by atomic mass is 16.5. The smallest absolute Gasteiger partial charge is 0.119 e. The van der Waals surface area contributed by atoms with Gasteiger partial charge in [-0.25, -0.2) is 0 Å². The Morgan fingerprint density at radius 3 is 2.38 bits per heavy atom. The van der Waals surface area contributed by atoms with Crippen LogP contribution in [-0.4, -0.2) is 29.9 Å². The van der Waals surface area contributed by atoms with Gasteiger partial charge in [-0.3, -0.25) is 0 Å². The van der Waals surface area contributed by atoms with E-state index in [0.717, 1.165) is 5.75 Å². The third-order valence-corrected chi connectivity index (χ3v) is 2.34. The first-order valence-corrected chi connectivity index (χ1v) is 5.71. The van der Waals surface area contributed by atoms with Crippen molar-refractivity contribution >= 4 is 0 Å². The average Bonchev–Trinajstić information content (AvgIpc) is 2.26. The summed E-state index contributed by atoms with van der Waals surface area (Å²) in [5, 5.41) is 13.1. The van der Waals surface area contributed by atoms with E-state index < -0.39 is 6.10 Å². The van der Waals surface area contributed by atoms with E-state index in [1.807, 2.05) is 37.3 Å². The molecular weight excluding hydrogens is 202 g/mol. The van der Waals surface area contributed by atoms with Crippen LogP contribution in [0.5, 0.6) is 5.75 Å². The second-order valence-electron chi connectivity index (χ2n) is 4.30. The molecule has 3 nitrogen and oxygen atoms in total. The van der Waals surface area contributed by atoms with E-state index >= 15 is 0 Å². The predicted molar refractivity (Wildman–Crippen MR) is 65.7 cm³/mol. The van der Waals surface area contributed by atoms with Crippen LogP contribution in [0.25, 0.3) is 0 Å². The van der Waals surface area contributed by atoms with Gasteiger partial charge in [-0.2, -0.15) is 0 Å². The average molecular weight is 223 g/mol. The van der Waals surface area contributed by atoms with Gasteiger partial charge >= 0.3 is 0 Å². The molecule has 0 aromatic heterocycles. The van der Waals surface area contributed by atoms with Crippen LogP contribution in [0.2, 0.25) is 0 Å². The first-order chi connectivity index (χ1) is 7.59. The second kappa shape index (κ2) is 6.51. The van der Waals surface area contributed by atoms with Crippen molar-refractivity contribution in [1.29, 1.82) is 0 Å². The van der Waals surface area contributed by atoms with Crippen molar-refractivity contribution in [3.8, 4) is 5.75 Å². The Balaban J connectivity index is 2.32. The molecule has 0 fully saturated rings. The number of para-hydroxylation sites is 1. The lowest BCUT2D eigenvalue weighted by molar-refractivity contribution is 0.0759. The highest BCUT2D eigenvalue weighted by molar-refractivity contribution is 5.20. The molecule has 1 rings (SSSR count). The standard InChI is InChI=1S/C13H21NO2/c1-10(2)14-11(3)13(15)9-16-12-7-5-4-6-8-12/h4-8,10-11,13-15H,9H2,1-3H3/t11-,13+/m1/s1. The summed E-state index contributed by atoms with van der Waals surface area (Å²) in [7, 11) is 0. The van der Waals surface area contributed by atoms with Gasteiger partial charge in [0.05, 0.1) is 0 Å². The van der Waals surface area contributed by atoms with Crippen LogP contribution in [0.4, 0.5) is 0 Å². The summed E-state index contributed by atoms with van der Waals surface area (Å²) >= 11 is 0. The molecule has 0 spiro atoms. The van der Waals surface area contributed by atoms with Gasteiger partial charge in [0.25, 0.3) is 0 Å². The fraction of sp³-hybridized carbons (Fsp3) is 0.538. The molecule has 1 aromatic carbocycles. The Labute approximate surface area is 97.4 Å². The first-order valence-electron chi connectivity index (χ1n) is 5.71. The lowest BCUT2D eigenvalue weighted by atomic mass is 10.2. The number of aliphatic hydroxyl groups excluding tert-OH is 1. The van der Waals surface area contributed by atoms with Crippen LogP contribution in [0, 0.1) is 0 Å². The topological polar surface area (TPSA) is 41.5 Å². The second-order valence-corrected chi connectivity index (χ2v) is 4.30. The van der Waals surface area contributed by atoms with E-state index in [0.29, 0.717) is 12.6 Å². The molecule has 0 unspecified atom stereocenters. The fourth-order valence-corrected chi connectivity index (χ4v) is 1.48. The van der Waals surface area contributed by atoms with Crippen molar-refractivity contribution in [2.45, 2.75) is 39.0 Å². The van der Waals surface area contributed by atoms with E-state index in [-0.39, 0.29) is 6.04 Å². The van der Waals surface area contributed by atoms with Gasteiger partial charge in [0, 0.05) is 12.1 Å². The van der Waals surface area contributed by atoms with Gasteiger partial charge < -0.3 is 15.2 Å². The van der Waals surface area contributed by atoms with Crippen LogP contribution in [0.3, 0.4) is 0 Å². The summed E-state index contributed by atoms with van der Waals surface area (Å²) in [6, 6.07) is 9.92. The Kier molecular flexibility index (Phi) is 5.29. The van der Waals surface area contributed by atoms with Crippen LogP contribution in [0.15, 0.2) is 30.3 Å². The highest BCUT2D eigenvalue weighted by Crippen LogP contribution is 2.09. The van der Waals surface area contributed by atoms with E-state index in [9.17, 15) is 5.11 Å².